The van der Waals surface area contributed by atoms with E-state index < -0.39 is 0 Å². The molecule has 2 fully saturated rings. The highest BCUT2D eigenvalue weighted by Crippen LogP contribution is 2.39. The molecular weight excluding hydrogens is 262 g/mol. The molecule has 0 radical (unpaired) electrons. The number of rotatable bonds is 5. The Kier molecular flexibility index (Phi) is 4.72. The Morgan fingerprint density at radius 2 is 2.10 bits per heavy atom. The van der Waals surface area contributed by atoms with E-state index in [4.69, 9.17) is 0 Å². The van der Waals surface area contributed by atoms with Gasteiger partial charge in [-0.15, -0.1) is 0 Å². The van der Waals surface area contributed by atoms with E-state index in [9.17, 15) is 0 Å². The zero-order valence-corrected chi connectivity index (χ0v) is 13.6. The van der Waals surface area contributed by atoms with E-state index in [0.29, 0.717) is 0 Å². The van der Waals surface area contributed by atoms with E-state index in [1.54, 1.807) is 5.56 Å². The molecule has 0 aromatic heterocycles. The van der Waals surface area contributed by atoms with E-state index >= 15 is 0 Å². The molecule has 0 amide bonds. The van der Waals surface area contributed by atoms with Crippen molar-refractivity contribution < 1.29 is 0 Å². The van der Waals surface area contributed by atoms with E-state index in [-0.39, 0.29) is 0 Å². The van der Waals surface area contributed by atoms with Gasteiger partial charge in [0.2, 0.25) is 0 Å². The lowest BCUT2D eigenvalue weighted by Crippen LogP contribution is -2.47. The van der Waals surface area contributed by atoms with Gasteiger partial charge in [0.25, 0.3) is 0 Å². The Morgan fingerprint density at radius 1 is 1.25 bits per heavy atom. The molecular formula is C18H27NS. The summed E-state index contributed by atoms with van der Waals surface area (Å²) in [4.78, 5) is 0. The summed E-state index contributed by atoms with van der Waals surface area (Å²) in [7, 11) is 0. The molecule has 0 spiro atoms. The predicted octanol–water partition coefficient (Wildman–Crippen LogP) is 4.50. The Labute approximate surface area is 127 Å². The summed E-state index contributed by atoms with van der Waals surface area (Å²) >= 11 is 2.16. The van der Waals surface area contributed by atoms with E-state index in [0.717, 1.165) is 23.3 Å². The van der Waals surface area contributed by atoms with Gasteiger partial charge < -0.3 is 5.32 Å². The van der Waals surface area contributed by atoms with Gasteiger partial charge in [-0.25, -0.2) is 0 Å². The van der Waals surface area contributed by atoms with Crippen LogP contribution in [0.1, 0.15) is 56.1 Å². The van der Waals surface area contributed by atoms with Crippen LogP contribution in [0.4, 0.5) is 0 Å². The molecule has 1 N–H and O–H groups in total. The SMILES string of the molecule is CCSC1CCCC1NC1CC(c2cccc(C)c2)C1. The van der Waals surface area contributed by atoms with Crippen molar-refractivity contribution in [2.24, 2.45) is 0 Å². The second-order valence-corrected chi connectivity index (χ2v) is 7.99. The Hall–Kier alpha value is -0.470. The van der Waals surface area contributed by atoms with Crippen LogP contribution in [0.5, 0.6) is 0 Å². The van der Waals surface area contributed by atoms with E-state index in [2.05, 4.69) is 55.2 Å². The van der Waals surface area contributed by atoms with Gasteiger partial charge in [-0.2, -0.15) is 11.8 Å². The highest BCUT2D eigenvalue weighted by atomic mass is 32.2. The Morgan fingerprint density at radius 3 is 2.85 bits per heavy atom. The fraction of sp³-hybridized carbons (Fsp3) is 0.667. The molecule has 2 heteroatoms. The maximum absolute atomic E-state index is 3.94. The minimum atomic E-state index is 0.767. The minimum absolute atomic E-state index is 0.767. The van der Waals surface area contributed by atoms with Crippen molar-refractivity contribution in [3.8, 4) is 0 Å². The third-order valence-corrected chi connectivity index (χ3v) is 6.26. The average molecular weight is 289 g/mol. The Balaban J connectivity index is 1.48. The van der Waals surface area contributed by atoms with Crippen LogP contribution in [0.2, 0.25) is 0 Å². The zero-order valence-electron chi connectivity index (χ0n) is 12.8. The number of benzene rings is 1. The van der Waals surface area contributed by atoms with Crippen LogP contribution in [0.3, 0.4) is 0 Å². The lowest BCUT2D eigenvalue weighted by atomic mass is 9.75. The van der Waals surface area contributed by atoms with Crippen LogP contribution in [0.25, 0.3) is 0 Å². The van der Waals surface area contributed by atoms with Gasteiger partial charge in [0.05, 0.1) is 0 Å². The van der Waals surface area contributed by atoms with Crippen molar-refractivity contribution in [1.29, 1.82) is 0 Å². The van der Waals surface area contributed by atoms with Crippen molar-refractivity contribution in [3.05, 3.63) is 35.4 Å². The summed E-state index contributed by atoms with van der Waals surface area (Å²) in [6.45, 7) is 4.49. The van der Waals surface area contributed by atoms with Crippen molar-refractivity contribution in [3.63, 3.8) is 0 Å². The van der Waals surface area contributed by atoms with Crippen molar-refractivity contribution in [2.45, 2.75) is 69.2 Å². The number of nitrogens with one attached hydrogen (secondary N) is 1. The van der Waals surface area contributed by atoms with Crippen LogP contribution in [-0.4, -0.2) is 23.1 Å². The van der Waals surface area contributed by atoms with Gasteiger partial charge in [0, 0.05) is 17.3 Å². The molecule has 2 atom stereocenters. The van der Waals surface area contributed by atoms with Crippen LogP contribution in [-0.2, 0) is 0 Å². The molecule has 1 aromatic rings. The normalized spacial score (nSPS) is 33.1. The lowest BCUT2D eigenvalue weighted by Gasteiger charge is -2.39. The first-order valence-corrected chi connectivity index (χ1v) is 9.25. The molecule has 0 saturated heterocycles. The fourth-order valence-electron chi connectivity index (χ4n) is 3.78. The third-order valence-electron chi connectivity index (χ3n) is 4.93. The molecule has 110 valence electrons. The summed E-state index contributed by atoms with van der Waals surface area (Å²) < 4.78 is 0. The summed E-state index contributed by atoms with van der Waals surface area (Å²) in [5.74, 6) is 2.06. The first-order valence-electron chi connectivity index (χ1n) is 8.20. The second-order valence-electron chi connectivity index (χ2n) is 6.48. The fourth-order valence-corrected chi connectivity index (χ4v) is 4.99. The molecule has 0 heterocycles. The molecule has 1 aromatic carbocycles. The maximum Gasteiger partial charge on any atom is 0.0201 e. The average Bonchev–Trinajstić information content (AvgIpc) is 2.81. The van der Waals surface area contributed by atoms with Crippen molar-refractivity contribution in [1.82, 2.24) is 5.32 Å². The van der Waals surface area contributed by atoms with Crippen LogP contribution in [0.15, 0.2) is 24.3 Å². The highest BCUT2D eigenvalue weighted by Gasteiger charge is 2.35. The summed E-state index contributed by atoms with van der Waals surface area (Å²) in [5.41, 5.74) is 2.95. The highest BCUT2D eigenvalue weighted by molar-refractivity contribution is 7.99. The van der Waals surface area contributed by atoms with Crippen LogP contribution < -0.4 is 5.32 Å². The molecule has 3 rings (SSSR count). The minimum Gasteiger partial charge on any atom is -0.310 e. The molecule has 2 unspecified atom stereocenters. The van der Waals surface area contributed by atoms with Crippen LogP contribution in [0, 0.1) is 6.92 Å². The summed E-state index contributed by atoms with van der Waals surface area (Å²) in [5, 5.41) is 4.82. The van der Waals surface area contributed by atoms with Gasteiger partial charge in [-0.3, -0.25) is 0 Å². The van der Waals surface area contributed by atoms with E-state index in [1.165, 1.54) is 43.4 Å². The Bertz CT molecular complexity index is 439. The molecule has 20 heavy (non-hydrogen) atoms. The third kappa shape index (κ3) is 3.23. The number of thioether (sulfide) groups is 1. The second kappa shape index (κ2) is 6.53. The van der Waals surface area contributed by atoms with Gasteiger partial charge in [-0.05, 0) is 49.8 Å². The van der Waals surface area contributed by atoms with Gasteiger partial charge in [0.15, 0.2) is 0 Å². The lowest BCUT2D eigenvalue weighted by molar-refractivity contribution is 0.266. The standard InChI is InChI=1S/C18H27NS/c1-3-20-18-9-5-8-17(18)19-16-11-15(12-16)14-7-4-6-13(2)10-14/h4,6-7,10,15-19H,3,5,8-9,11-12H2,1-2H3. The first-order chi connectivity index (χ1) is 9.76. The first kappa shape index (κ1) is 14.5. The van der Waals surface area contributed by atoms with Crippen molar-refractivity contribution >= 4 is 11.8 Å². The molecule has 2 saturated carbocycles. The topological polar surface area (TPSA) is 12.0 Å². The number of hydrogen-bond acceptors (Lipinski definition) is 2. The van der Waals surface area contributed by atoms with Crippen molar-refractivity contribution in [2.75, 3.05) is 5.75 Å². The molecule has 2 aliphatic carbocycles. The maximum atomic E-state index is 3.94. The van der Waals surface area contributed by atoms with Gasteiger partial charge in [-0.1, -0.05) is 43.2 Å². The molecule has 0 aliphatic heterocycles. The molecule has 1 nitrogen and oxygen atoms in total. The van der Waals surface area contributed by atoms with E-state index in [1.807, 2.05) is 0 Å². The quantitative estimate of drug-likeness (QED) is 0.856. The smallest absolute Gasteiger partial charge is 0.0201 e. The monoisotopic (exact) mass is 289 g/mol. The summed E-state index contributed by atoms with van der Waals surface area (Å²) in [6.07, 6.45) is 6.91. The molecule has 0 bridgehead atoms. The van der Waals surface area contributed by atoms with Gasteiger partial charge in [0.1, 0.15) is 0 Å². The zero-order chi connectivity index (χ0) is 13.9. The van der Waals surface area contributed by atoms with Crippen LogP contribution >= 0.6 is 11.8 Å². The number of aryl methyl sites for hydroxylation is 1. The van der Waals surface area contributed by atoms with Gasteiger partial charge >= 0.3 is 0 Å². The summed E-state index contributed by atoms with van der Waals surface area (Å²) in [6, 6.07) is 10.6. The number of hydrogen-bond donors (Lipinski definition) is 1. The molecule has 2 aliphatic rings. The predicted molar refractivity (Wildman–Crippen MR) is 89.6 cm³/mol. The largest absolute Gasteiger partial charge is 0.310 e.